The van der Waals surface area contributed by atoms with E-state index in [0.29, 0.717) is 17.5 Å². The van der Waals surface area contributed by atoms with Crippen molar-refractivity contribution in [3.8, 4) is 0 Å². The van der Waals surface area contributed by atoms with Crippen LogP contribution in [0.1, 0.15) is 20.8 Å². The van der Waals surface area contributed by atoms with E-state index in [0.717, 1.165) is 11.3 Å². The molecule has 1 aromatic heterocycles. The van der Waals surface area contributed by atoms with Crippen LogP contribution in [0.4, 0.5) is 0 Å². The Balaban J connectivity index is 2.39. The Bertz CT molecular complexity index is 538. The predicted molar refractivity (Wildman–Crippen MR) is 72.7 cm³/mol. The first-order valence-corrected chi connectivity index (χ1v) is 8.27. The lowest BCUT2D eigenvalue weighted by Crippen LogP contribution is -2.57. The molecule has 1 aromatic rings. The molecule has 18 heavy (non-hydrogen) atoms. The molecule has 7 heteroatoms. The maximum absolute atomic E-state index is 12.6. The summed E-state index contributed by atoms with van der Waals surface area (Å²) in [7, 11) is -3.49. The summed E-state index contributed by atoms with van der Waals surface area (Å²) in [5, 5.41) is 0. The molecule has 0 unspecified atom stereocenters. The number of hydrogen-bond acceptors (Lipinski definition) is 4. The van der Waals surface area contributed by atoms with Crippen molar-refractivity contribution in [1.29, 1.82) is 0 Å². The second-order valence-electron chi connectivity index (χ2n) is 5.03. The summed E-state index contributed by atoms with van der Waals surface area (Å²) in [4.78, 5) is 0. The number of morpholine rings is 1. The van der Waals surface area contributed by atoms with Crippen LogP contribution in [0, 0.1) is 0 Å². The number of halogens is 1. The van der Waals surface area contributed by atoms with Crippen LogP contribution in [-0.2, 0) is 14.8 Å². The molecular formula is C11H16ClNO3S2. The fourth-order valence-electron chi connectivity index (χ4n) is 1.92. The van der Waals surface area contributed by atoms with Gasteiger partial charge in [-0.1, -0.05) is 11.6 Å². The van der Waals surface area contributed by atoms with Crippen LogP contribution in [-0.4, -0.2) is 37.5 Å². The Morgan fingerprint density at radius 1 is 1.50 bits per heavy atom. The number of ether oxygens (including phenoxy) is 1. The zero-order valence-corrected chi connectivity index (χ0v) is 12.9. The van der Waals surface area contributed by atoms with E-state index in [-0.39, 0.29) is 10.3 Å². The smallest absolute Gasteiger partial charge is 0.253 e. The molecule has 0 bridgehead atoms. The van der Waals surface area contributed by atoms with E-state index in [1.807, 2.05) is 20.8 Å². The minimum Gasteiger partial charge on any atom is -0.375 e. The molecule has 0 aliphatic carbocycles. The van der Waals surface area contributed by atoms with Crippen molar-refractivity contribution in [3.63, 3.8) is 0 Å². The zero-order valence-electron chi connectivity index (χ0n) is 10.5. The highest BCUT2D eigenvalue weighted by molar-refractivity contribution is 7.91. The van der Waals surface area contributed by atoms with Gasteiger partial charge in [-0.3, -0.25) is 0 Å². The maximum Gasteiger partial charge on any atom is 0.253 e. The van der Waals surface area contributed by atoms with Crippen molar-refractivity contribution in [2.75, 3.05) is 13.2 Å². The van der Waals surface area contributed by atoms with Gasteiger partial charge in [0.1, 0.15) is 4.21 Å². The van der Waals surface area contributed by atoms with Crippen LogP contribution in [0.5, 0.6) is 0 Å². The minimum atomic E-state index is -3.49. The summed E-state index contributed by atoms with van der Waals surface area (Å²) in [6.45, 7) is 6.37. The SMILES string of the molecule is C[C@@H]1CN(S(=O)(=O)c2ccc(Cl)s2)C(C)(C)CO1. The van der Waals surface area contributed by atoms with Crippen LogP contribution >= 0.6 is 22.9 Å². The largest absolute Gasteiger partial charge is 0.375 e. The van der Waals surface area contributed by atoms with Gasteiger partial charge in [0.2, 0.25) is 0 Å². The fourth-order valence-corrected chi connectivity index (χ4v) is 5.36. The number of thiophene rings is 1. The van der Waals surface area contributed by atoms with E-state index in [9.17, 15) is 8.42 Å². The third-order valence-corrected chi connectivity index (χ3v) is 6.69. The van der Waals surface area contributed by atoms with Gasteiger partial charge in [-0.25, -0.2) is 8.42 Å². The molecule has 2 heterocycles. The molecule has 0 N–H and O–H groups in total. The van der Waals surface area contributed by atoms with Crippen LogP contribution < -0.4 is 0 Å². The van der Waals surface area contributed by atoms with E-state index in [4.69, 9.17) is 16.3 Å². The minimum absolute atomic E-state index is 0.0942. The van der Waals surface area contributed by atoms with Crippen molar-refractivity contribution in [2.24, 2.45) is 0 Å². The Morgan fingerprint density at radius 2 is 2.17 bits per heavy atom. The fraction of sp³-hybridized carbons (Fsp3) is 0.636. The highest BCUT2D eigenvalue weighted by Crippen LogP contribution is 2.33. The Morgan fingerprint density at radius 3 is 2.72 bits per heavy atom. The molecule has 1 atom stereocenters. The Kier molecular flexibility index (Phi) is 3.77. The molecular weight excluding hydrogens is 294 g/mol. The average Bonchev–Trinajstić information content (AvgIpc) is 2.69. The van der Waals surface area contributed by atoms with Crippen molar-refractivity contribution in [2.45, 2.75) is 36.6 Å². The lowest BCUT2D eigenvalue weighted by atomic mass is 10.1. The lowest BCUT2D eigenvalue weighted by molar-refractivity contribution is -0.0550. The summed E-state index contributed by atoms with van der Waals surface area (Å²) in [6.07, 6.45) is -0.0942. The number of hydrogen-bond donors (Lipinski definition) is 0. The van der Waals surface area contributed by atoms with Crippen LogP contribution in [0.2, 0.25) is 4.34 Å². The molecule has 0 aromatic carbocycles. The van der Waals surface area contributed by atoms with E-state index >= 15 is 0 Å². The van der Waals surface area contributed by atoms with E-state index in [1.165, 1.54) is 4.31 Å². The summed E-state index contributed by atoms with van der Waals surface area (Å²) in [5.41, 5.74) is -0.540. The highest BCUT2D eigenvalue weighted by Gasteiger charge is 2.42. The molecule has 4 nitrogen and oxygen atoms in total. The second-order valence-corrected chi connectivity index (χ2v) is 8.83. The van der Waals surface area contributed by atoms with E-state index in [1.54, 1.807) is 12.1 Å². The molecule has 1 aliphatic rings. The van der Waals surface area contributed by atoms with E-state index in [2.05, 4.69) is 0 Å². The van der Waals surface area contributed by atoms with Crippen molar-refractivity contribution in [1.82, 2.24) is 4.31 Å². The molecule has 2 rings (SSSR count). The van der Waals surface area contributed by atoms with Gasteiger partial charge in [0, 0.05) is 6.54 Å². The first-order chi connectivity index (χ1) is 8.23. The van der Waals surface area contributed by atoms with Crippen LogP contribution in [0.15, 0.2) is 16.3 Å². The van der Waals surface area contributed by atoms with Gasteiger partial charge >= 0.3 is 0 Å². The molecule has 1 fully saturated rings. The average molecular weight is 310 g/mol. The van der Waals surface area contributed by atoms with Crippen LogP contribution in [0.25, 0.3) is 0 Å². The predicted octanol–water partition coefficient (Wildman–Crippen LogP) is 2.59. The third kappa shape index (κ3) is 2.58. The Hall–Kier alpha value is -0.140. The van der Waals surface area contributed by atoms with Crippen molar-refractivity contribution >= 4 is 33.0 Å². The lowest BCUT2D eigenvalue weighted by Gasteiger charge is -2.43. The molecule has 1 saturated heterocycles. The van der Waals surface area contributed by atoms with Gasteiger partial charge < -0.3 is 4.74 Å². The molecule has 0 spiro atoms. The summed E-state index contributed by atoms with van der Waals surface area (Å²) in [5.74, 6) is 0. The standard InChI is InChI=1S/C11H16ClNO3S2/c1-8-6-13(11(2,3)7-16-8)18(14,15)10-5-4-9(12)17-10/h4-5,8H,6-7H2,1-3H3/t8-/m1/s1. The van der Waals surface area contributed by atoms with Gasteiger partial charge in [-0.05, 0) is 32.9 Å². The first kappa shape index (κ1) is 14.3. The number of nitrogens with zero attached hydrogens (tertiary/aromatic N) is 1. The molecule has 102 valence electrons. The van der Waals surface area contributed by atoms with Gasteiger partial charge in [-0.2, -0.15) is 4.31 Å². The molecule has 0 amide bonds. The second kappa shape index (κ2) is 4.76. The summed E-state index contributed by atoms with van der Waals surface area (Å²) in [6, 6.07) is 3.16. The van der Waals surface area contributed by atoms with Crippen molar-refractivity contribution < 1.29 is 13.2 Å². The maximum atomic E-state index is 12.6. The van der Waals surface area contributed by atoms with Crippen LogP contribution in [0.3, 0.4) is 0 Å². The normalized spacial score (nSPS) is 25.2. The first-order valence-electron chi connectivity index (χ1n) is 5.63. The van der Waals surface area contributed by atoms with Gasteiger partial charge in [0.05, 0.1) is 22.6 Å². The molecule has 0 radical (unpaired) electrons. The molecule has 1 aliphatic heterocycles. The number of rotatable bonds is 2. The Labute approximate surface area is 117 Å². The number of sulfonamides is 1. The third-order valence-electron chi connectivity index (χ3n) is 2.91. The van der Waals surface area contributed by atoms with Gasteiger partial charge in [0.25, 0.3) is 10.0 Å². The van der Waals surface area contributed by atoms with Gasteiger partial charge in [0.15, 0.2) is 0 Å². The van der Waals surface area contributed by atoms with Gasteiger partial charge in [-0.15, -0.1) is 11.3 Å². The zero-order chi connectivity index (χ0) is 13.6. The van der Waals surface area contributed by atoms with E-state index < -0.39 is 15.6 Å². The molecule has 0 saturated carbocycles. The summed E-state index contributed by atoms with van der Waals surface area (Å²) >= 11 is 6.90. The monoisotopic (exact) mass is 309 g/mol. The topological polar surface area (TPSA) is 46.6 Å². The quantitative estimate of drug-likeness (QED) is 0.843. The van der Waals surface area contributed by atoms with Crippen molar-refractivity contribution in [3.05, 3.63) is 16.5 Å². The summed E-state index contributed by atoms with van der Waals surface area (Å²) < 4.78 is 33.0. The highest BCUT2D eigenvalue weighted by atomic mass is 35.5.